The number of nitrogens with one attached hydrogen (secondary N) is 2. The van der Waals surface area contributed by atoms with Gasteiger partial charge in [-0.15, -0.1) is 24.0 Å². The molecule has 2 aromatic rings. The maximum Gasteiger partial charge on any atom is 0.195 e. The molecule has 1 unspecified atom stereocenters. The Labute approximate surface area is 196 Å². The van der Waals surface area contributed by atoms with Gasteiger partial charge in [0.25, 0.3) is 0 Å². The highest BCUT2D eigenvalue weighted by atomic mass is 127. The lowest BCUT2D eigenvalue weighted by Gasteiger charge is -2.27. The van der Waals surface area contributed by atoms with E-state index in [-0.39, 0.29) is 30.0 Å². The van der Waals surface area contributed by atoms with Crippen LogP contribution in [0, 0.1) is 6.92 Å². The average Bonchev–Trinajstić information content (AvgIpc) is 3.40. The fraction of sp³-hybridized carbons (Fsp3) is 0.500. The van der Waals surface area contributed by atoms with E-state index >= 15 is 0 Å². The predicted octanol–water partition coefficient (Wildman–Crippen LogP) is 4.44. The fourth-order valence-electron chi connectivity index (χ4n) is 3.63. The Morgan fingerprint density at radius 3 is 2.57 bits per heavy atom. The first-order valence-corrected chi connectivity index (χ1v) is 10.2. The molecule has 0 amide bonds. The smallest absolute Gasteiger partial charge is 0.195 e. The van der Waals surface area contributed by atoms with Crippen LogP contribution in [0.15, 0.2) is 39.7 Å². The highest BCUT2D eigenvalue weighted by Gasteiger charge is 2.26. The molecule has 0 radical (unpaired) electrons. The number of halogens is 1. The average molecular weight is 528 g/mol. The summed E-state index contributed by atoms with van der Waals surface area (Å²) in [5.74, 6) is 4.05. The lowest BCUT2D eigenvalue weighted by molar-refractivity contribution is 0.214. The summed E-state index contributed by atoms with van der Waals surface area (Å²) in [5.41, 5.74) is 0.883. The van der Waals surface area contributed by atoms with Crippen LogP contribution in [-0.2, 0) is 0 Å². The van der Waals surface area contributed by atoms with Crippen molar-refractivity contribution in [2.24, 2.45) is 4.99 Å². The third-order valence-electron chi connectivity index (χ3n) is 5.08. The third-order valence-corrected chi connectivity index (χ3v) is 5.08. The summed E-state index contributed by atoms with van der Waals surface area (Å²) in [7, 11) is 3.41. The second-order valence-electron chi connectivity index (χ2n) is 7.08. The van der Waals surface area contributed by atoms with Crippen LogP contribution in [0.1, 0.15) is 37.3 Å². The molecule has 1 aliphatic rings. The van der Waals surface area contributed by atoms with Gasteiger partial charge in [-0.2, -0.15) is 0 Å². The van der Waals surface area contributed by atoms with E-state index in [1.807, 2.05) is 38.1 Å². The van der Waals surface area contributed by atoms with E-state index in [0.717, 1.165) is 30.3 Å². The number of benzene rings is 1. The van der Waals surface area contributed by atoms with Crippen molar-refractivity contribution >= 4 is 35.6 Å². The molecule has 0 bridgehead atoms. The van der Waals surface area contributed by atoms with Crippen LogP contribution in [0.2, 0.25) is 0 Å². The van der Waals surface area contributed by atoms with E-state index in [1.165, 1.54) is 12.8 Å². The molecule has 1 aromatic carbocycles. The number of anilines is 1. The molecule has 1 aromatic heterocycles. The second kappa shape index (κ2) is 12.0. The molecular formula is C22H33IN4O3. The summed E-state index contributed by atoms with van der Waals surface area (Å²) in [6.07, 6.45) is 2.46. The highest BCUT2D eigenvalue weighted by Crippen LogP contribution is 2.30. The molecule has 8 heteroatoms. The Hall–Kier alpha value is -1.94. The first kappa shape index (κ1) is 24.3. The van der Waals surface area contributed by atoms with Gasteiger partial charge in [0, 0.05) is 25.3 Å². The number of guanidine groups is 1. The number of ether oxygens (including phenoxy) is 2. The van der Waals surface area contributed by atoms with Crippen LogP contribution in [0.3, 0.4) is 0 Å². The molecular weight excluding hydrogens is 495 g/mol. The van der Waals surface area contributed by atoms with Gasteiger partial charge >= 0.3 is 0 Å². The lowest BCUT2D eigenvalue weighted by Crippen LogP contribution is -2.39. The largest absolute Gasteiger partial charge is 0.493 e. The molecule has 1 aliphatic heterocycles. The molecule has 0 saturated carbocycles. The van der Waals surface area contributed by atoms with Gasteiger partial charge in [-0.25, -0.2) is 0 Å². The van der Waals surface area contributed by atoms with Crippen LogP contribution < -0.4 is 20.1 Å². The van der Waals surface area contributed by atoms with Crippen molar-refractivity contribution in [1.29, 1.82) is 0 Å². The minimum atomic E-state index is 0. The van der Waals surface area contributed by atoms with Crippen molar-refractivity contribution < 1.29 is 13.9 Å². The van der Waals surface area contributed by atoms with Gasteiger partial charge in [-0.3, -0.25) is 9.89 Å². The molecule has 2 heterocycles. The molecule has 1 atom stereocenters. The minimum Gasteiger partial charge on any atom is -0.493 e. The zero-order valence-corrected chi connectivity index (χ0v) is 20.6. The van der Waals surface area contributed by atoms with Crippen LogP contribution in [0.25, 0.3) is 0 Å². The SMILES string of the molecule is CCOc1cc(NC(=NC)NCC(c2ccc(C)o2)N2CCCC2)ccc1OC.I. The van der Waals surface area contributed by atoms with Crippen molar-refractivity contribution in [3.63, 3.8) is 0 Å². The van der Waals surface area contributed by atoms with E-state index in [0.29, 0.717) is 30.6 Å². The summed E-state index contributed by atoms with van der Waals surface area (Å²) < 4.78 is 17.0. The van der Waals surface area contributed by atoms with E-state index in [4.69, 9.17) is 13.9 Å². The Bertz CT molecular complexity index is 818. The number of aryl methyl sites for hydroxylation is 1. The Kier molecular flexibility index (Phi) is 9.77. The molecule has 166 valence electrons. The number of nitrogens with zero attached hydrogens (tertiary/aromatic N) is 2. The number of likely N-dealkylation sites (tertiary alicyclic amines) is 1. The molecule has 1 saturated heterocycles. The summed E-state index contributed by atoms with van der Waals surface area (Å²) in [5, 5.41) is 6.78. The summed E-state index contributed by atoms with van der Waals surface area (Å²) in [4.78, 5) is 6.84. The normalized spacial score (nSPS) is 15.4. The number of methoxy groups -OCH3 is 1. The van der Waals surface area contributed by atoms with Crippen LogP contribution >= 0.6 is 24.0 Å². The number of furan rings is 1. The first-order valence-electron chi connectivity index (χ1n) is 10.2. The minimum absolute atomic E-state index is 0. The first-order chi connectivity index (χ1) is 14.1. The molecule has 0 aliphatic carbocycles. The molecule has 1 fully saturated rings. The van der Waals surface area contributed by atoms with Crippen LogP contribution in [0.4, 0.5) is 5.69 Å². The fourth-order valence-corrected chi connectivity index (χ4v) is 3.63. The highest BCUT2D eigenvalue weighted by molar-refractivity contribution is 14.0. The van der Waals surface area contributed by atoms with Gasteiger partial charge in [0.2, 0.25) is 0 Å². The molecule has 7 nitrogen and oxygen atoms in total. The standard InChI is InChI=1S/C22H32N4O3.HI/c1-5-28-21-14-17(9-11-20(21)27-4)25-22(23-3)24-15-18(26-12-6-7-13-26)19-10-8-16(2)29-19;/h8-11,14,18H,5-7,12-13,15H2,1-4H3,(H2,23,24,25);1H. The number of rotatable bonds is 8. The van der Waals surface area contributed by atoms with Crippen molar-refractivity contribution in [2.75, 3.05) is 45.7 Å². The number of hydrogen-bond acceptors (Lipinski definition) is 5. The Balaban J connectivity index is 0.00000320. The van der Waals surface area contributed by atoms with Gasteiger partial charge in [-0.1, -0.05) is 0 Å². The topological polar surface area (TPSA) is 71.3 Å². The quantitative estimate of drug-likeness (QED) is 0.300. The van der Waals surface area contributed by atoms with E-state index in [1.54, 1.807) is 14.2 Å². The van der Waals surface area contributed by atoms with E-state index in [2.05, 4.69) is 26.6 Å². The van der Waals surface area contributed by atoms with Gasteiger partial charge in [0.1, 0.15) is 11.5 Å². The van der Waals surface area contributed by atoms with Crippen molar-refractivity contribution in [3.8, 4) is 11.5 Å². The monoisotopic (exact) mass is 528 g/mol. The number of hydrogen-bond donors (Lipinski definition) is 2. The van der Waals surface area contributed by atoms with Gasteiger partial charge < -0.3 is 24.5 Å². The lowest BCUT2D eigenvalue weighted by atomic mass is 10.2. The van der Waals surface area contributed by atoms with Crippen molar-refractivity contribution in [3.05, 3.63) is 41.9 Å². The van der Waals surface area contributed by atoms with E-state index < -0.39 is 0 Å². The third kappa shape index (κ3) is 6.28. The maximum atomic E-state index is 5.94. The zero-order valence-electron chi connectivity index (χ0n) is 18.2. The summed E-state index contributed by atoms with van der Waals surface area (Å²) >= 11 is 0. The molecule has 3 rings (SSSR count). The van der Waals surface area contributed by atoms with E-state index in [9.17, 15) is 0 Å². The predicted molar refractivity (Wildman–Crippen MR) is 132 cm³/mol. The number of aliphatic imine (C=N–C) groups is 1. The molecule has 2 N–H and O–H groups in total. The van der Waals surface area contributed by atoms with Crippen molar-refractivity contribution in [1.82, 2.24) is 10.2 Å². The zero-order chi connectivity index (χ0) is 20.6. The van der Waals surface area contributed by atoms with Crippen molar-refractivity contribution in [2.45, 2.75) is 32.7 Å². The van der Waals surface area contributed by atoms with Gasteiger partial charge in [0.05, 0.1) is 19.8 Å². The molecule has 0 spiro atoms. The Morgan fingerprint density at radius 1 is 1.20 bits per heavy atom. The summed E-state index contributed by atoms with van der Waals surface area (Å²) in [6, 6.07) is 10.0. The second-order valence-corrected chi connectivity index (χ2v) is 7.08. The van der Waals surface area contributed by atoms with Gasteiger partial charge in [-0.05, 0) is 64.0 Å². The van der Waals surface area contributed by atoms with Crippen LogP contribution in [-0.4, -0.2) is 51.3 Å². The Morgan fingerprint density at radius 2 is 1.97 bits per heavy atom. The maximum absolute atomic E-state index is 5.94. The van der Waals surface area contributed by atoms with Crippen LogP contribution in [0.5, 0.6) is 11.5 Å². The van der Waals surface area contributed by atoms with Gasteiger partial charge in [0.15, 0.2) is 17.5 Å². The summed E-state index contributed by atoms with van der Waals surface area (Å²) in [6.45, 7) is 7.41. The molecule has 30 heavy (non-hydrogen) atoms.